The van der Waals surface area contributed by atoms with E-state index in [9.17, 15) is 19.7 Å². The highest BCUT2D eigenvalue weighted by Gasteiger charge is 2.22. The smallest absolute Gasteiger partial charge is 0.339 e. The van der Waals surface area contributed by atoms with E-state index >= 15 is 0 Å². The molecule has 0 aliphatic carbocycles. The highest BCUT2D eigenvalue weighted by Crippen LogP contribution is 2.28. The van der Waals surface area contributed by atoms with Crippen molar-refractivity contribution in [1.82, 2.24) is 4.98 Å². The first-order valence-corrected chi connectivity index (χ1v) is 10.9. The first-order chi connectivity index (χ1) is 15.8. The summed E-state index contributed by atoms with van der Waals surface area (Å²) >= 11 is 0. The molecule has 3 rings (SSSR count). The van der Waals surface area contributed by atoms with E-state index in [4.69, 9.17) is 9.72 Å². The van der Waals surface area contributed by atoms with Crippen LogP contribution in [0, 0.1) is 24.0 Å². The molecule has 8 nitrogen and oxygen atoms in total. The molecule has 172 valence electrons. The van der Waals surface area contributed by atoms with Gasteiger partial charge in [-0.25, -0.2) is 4.79 Å². The number of aromatic nitrogens is 1. The van der Waals surface area contributed by atoms with Gasteiger partial charge >= 0.3 is 5.97 Å². The van der Waals surface area contributed by atoms with E-state index < -0.39 is 23.4 Å². The second kappa shape index (κ2) is 10.2. The van der Waals surface area contributed by atoms with E-state index in [0.29, 0.717) is 22.9 Å². The van der Waals surface area contributed by atoms with Gasteiger partial charge in [-0.3, -0.25) is 19.9 Å². The van der Waals surface area contributed by atoms with Gasteiger partial charge in [0, 0.05) is 17.1 Å². The maximum absolute atomic E-state index is 13.1. The fourth-order valence-electron chi connectivity index (χ4n) is 3.80. The van der Waals surface area contributed by atoms with E-state index in [0.717, 1.165) is 35.2 Å². The SMILES string of the molecule is CCCc1nc2ccccc2c(C(=O)OCC(=O)Nc2cc(C)c(C)cc2[N+](=O)[O-])c1CC. The maximum Gasteiger partial charge on any atom is 0.339 e. The fourth-order valence-corrected chi connectivity index (χ4v) is 3.80. The zero-order valence-electron chi connectivity index (χ0n) is 19.2. The number of ether oxygens (including phenoxy) is 1. The maximum atomic E-state index is 13.1. The quantitative estimate of drug-likeness (QED) is 0.292. The predicted octanol–water partition coefficient (Wildman–Crippen LogP) is 5.07. The lowest BCUT2D eigenvalue weighted by atomic mass is 9.96. The monoisotopic (exact) mass is 449 g/mol. The highest BCUT2D eigenvalue weighted by molar-refractivity contribution is 6.06. The summed E-state index contributed by atoms with van der Waals surface area (Å²) in [4.78, 5) is 41.1. The number of rotatable bonds is 8. The van der Waals surface area contributed by atoms with E-state index in [-0.39, 0.29) is 11.4 Å². The van der Waals surface area contributed by atoms with Crippen molar-refractivity contribution < 1.29 is 19.2 Å². The third-order valence-corrected chi connectivity index (χ3v) is 5.54. The molecule has 2 aromatic carbocycles. The number of esters is 1. The molecule has 3 aromatic rings. The minimum Gasteiger partial charge on any atom is -0.452 e. The molecule has 0 aliphatic rings. The van der Waals surface area contributed by atoms with Crippen LogP contribution in [0.5, 0.6) is 0 Å². The van der Waals surface area contributed by atoms with E-state index in [1.54, 1.807) is 13.8 Å². The third-order valence-electron chi connectivity index (χ3n) is 5.54. The van der Waals surface area contributed by atoms with Gasteiger partial charge < -0.3 is 10.1 Å². The molecule has 0 spiro atoms. The number of anilines is 1. The van der Waals surface area contributed by atoms with Gasteiger partial charge in [-0.1, -0.05) is 38.5 Å². The second-order valence-electron chi connectivity index (χ2n) is 7.87. The zero-order chi connectivity index (χ0) is 24.1. The van der Waals surface area contributed by atoms with Gasteiger partial charge in [-0.2, -0.15) is 0 Å². The molecule has 0 aliphatic heterocycles. The van der Waals surface area contributed by atoms with Crippen LogP contribution in [0.3, 0.4) is 0 Å². The van der Waals surface area contributed by atoms with Crippen molar-refractivity contribution in [2.24, 2.45) is 0 Å². The summed E-state index contributed by atoms with van der Waals surface area (Å²) in [7, 11) is 0. The number of benzene rings is 2. The van der Waals surface area contributed by atoms with Gasteiger partial charge in [0.15, 0.2) is 6.61 Å². The summed E-state index contributed by atoms with van der Waals surface area (Å²) in [5.41, 5.74) is 4.16. The Labute approximate surface area is 192 Å². The van der Waals surface area contributed by atoms with Gasteiger partial charge in [0.2, 0.25) is 0 Å². The Hall–Kier alpha value is -3.81. The van der Waals surface area contributed by atoms with Gasteiger partial charge in [0.1, 0.15) is 5.69 Å². The van der Waals surface area contributed by atoms with Crippen LogP contribution in [0.25, 0.3) is 10.9 Å². The molecule has 1 amide bonds. The highest BCUT2D eigenvalue weighted by atomic mass is 16.6. The average Bonchev–Trinajstić information content (AvgIpc) is 2.78. The Kier molecular flexibility index (Phi) is 7.37. The third kappa shape index (κ3) is 5.16. The van der Waals surface area contributed by atoms with Crippen LogP contribution in [-0.2, 0) is 22.4 Å². The zero-order valence-corrected chi connectivity index (χ0v) is 19.2. The Morgan fingerprint density at radius 1 is 1.12 bits per heavy atom. The van der Waals surface area contributed by atoms with Crippen LogP contribution in [0.4, 0.5) is 11.4 Å². The van der Waals surface area contributed by atoms with Crippen LogP contribution in [0.2, 0.25) is 0 Å². The first-order valence-electron chi connectivity index (χ1n) is 10.9. The van der Waals surface area contributed by atoms with Gasteiger partial charge in [-0.15, -0.1) is 0 Å². The Bertz CT molecular complexity index is 1240. The number of aryl methyl sites for hydroxylation is 3. The van der Waals surface area contributed by atoms with Crippen LogP contribution >= 0.6 is 0 Å². The first kappa shape index (κ1) is 23.8. The molecule has 1 heterocycles. The molecule has 0 fully saturated rings. The van der Waals surface area contributed by atoms with Gasteiger partial charge in [0.05, 0.1) is 16.0 Å². The van der Waals surface area contributed by atoms with Crippen LogP contribution < -0.4 is 5.32 Å². The van der Waals surface area contributed by atoms with Crippen LogP contribution in [0.15, 0.2) is 36.4 Å². The van der Waals surface area contributed by atoms with Crippen molar-refractivity contribution in [2.45, 2.75) is 47.0 Å². The lowest BCUT2D eigenvalue weighted by Crippen LogP contribution is -2.22. The molecule has 0 bridgehead atoms. The molecule has 0 unspecified atom stereocenters. The lowest BCUT2D eigenvalue weighted by Gasteiger charge is -2.15. The number of hydrogen-bond acceptors (Lipinski definition) is 6. The normalized spacial score (nSPS) is 10.8. The predicted molar refractivity (Wildman–Crippen MR) is 127 cm³/mol. The van der Waals surface area contributed by atoms with Crippen molar-refractivity contribution in [1.29, 1.82) is 0 Å². The van der Waals surface area contributed by atoms with Crippen LogP contribution in [0.1, 0.15) is 53.0 Å². The summed E-state index contributed by atoms with van der Waals surface area (Å²) in [5.74, 6) is -1.27. The van der Waals surface area contributed by atoms with Crippen LogP contribution in [-0.4, -0.2) is 28.4 Å². The fraction of sp³-hybridized carbons (Fsp3) is 0.320. The lowest BCUT2D eigenvalue weighted by molar-refractivity contribution is -0.384. The van der Waals surface area contributed by atoms with E-state index in [1.807, 2.05) is 38.1 Å². The number of nitrogens with one attached hydrogen (secondary N) is 1. The number of fused-ring (bicyclic) bond motifs is 1. The summed E-state index contributed by atoms with van der Waals surface area (Å²) in [5, 5.41) is 14.5. The number of nitrogens with zero attached hydrogens (tertiary/aromatic N) is 2. The molecule has 0 saturated carbocycles. The number of hydrogen-bond donors (Lipinski definition) is 1. The second-order valence-corrected chi connectivity index (χ2v) is 7.87. The summed E-state index contributed by atoms with van der Waals surface area (Å²) < 4.78 is 5.35. The van der Waals surface area contributed by atoms with E-state index in [2.05, 4.69) is 5.32 Å². The topological polar surface area (TPSA) is 111 Å². The number of carbonyl (C=O) groups excluding carboxylic acids is 2. The molecule has 1 aromatic heterocycles. The largest absolute Gasteiger partial charge is 0.452 e. The Morgan fingerprint density at radius 2 is 1.82 bits per heavy atom. The van der Waals surface area contributed by atoms with Crippen molar-refractivity contribution in [3.8, 4) is 0 Å². The van der Waals surface area contributed by atoms with Crippen molar-refractivity contribution in [2.75, 3.05) is 11.9 Å². The summed E-state index contributed by atoms with van der Waals surface area (Å²) in [6.45, 7) is 6.99. The molecule has 8 heteroatoms. The number of nitro benzene ring substituents is 1. The number of para-hydroxylation sites is 1. The molecule has 0 atom stereocenters. The average molecular weight is 450 g/mol. The minimum atomic E-state index is -0.653. The van der Waals surface area contributed by atoms with Crippen molar-refractivity contribution in [3.05, 3.63) is 74.5 Å². The number of pyridine rings is 1. The molecular weight excluding hydrogens is 422 g/mol. The number of amides is 1. The van der Waals surface area contributed by atoms with Crippen molar-refractivity contribution >= 4 is 34.2 Å². The number of carbonyl (C=O) groups is 2. The van der Waals surface area contributed by atoms with Gasteiger partial charge in [0.25, 0.3) is 11.6 Å². The molecule has 0 radical (unpaired) electrons. The Morgan fingerprint density at radius 3 is 2.48 bits per heavy atom. The summed E-state index contributed by atoms with van der Waals surface area (Å²) in [6.07, 6.45) is 2.20. The molecule has 0 saturated heterocycles. The van der Waals surface area contributed by atoms with Gasteiger partial charge in [-0.05, 0) is 55.5 Å². The van der Waals surface area contributed by atoms with Crippen molar-refractivity contribution in [3.63, 3.8) is 0 Å². The summed E-state index contributed by atoms with van der Waals surface area (Å²) in [6, 6.07) is 10.3. The molecular formula is C25H27N3O5. The number of nitro groups is 1. The standard InChI is InChI=1S/C25H27N3O5/c1-5-9-19-17(6-2)24(18-10-7-8-11-20(18)26-19)25(30)33-14-23(29)27-21-12-15(3)16(4)13-22(21)28(31)32/h7-8,10-13H,5-6,9,14H2,1-4H3,(H,27,29). The minimum absolute atomic E-state index is 0.0676. The molecule has 33 heavy (non-hydrogen) atoms. The van der Waals surface area contributed by atoms with E-state index in [1.165, 1.54) is 12.1 Å². The molecule has 1 N–H and O–H groups in total. The Balaban J connectivity index is 1.85.